The first-order valence-electron chi connectivity index (χ1n) is 6.63. The molecule has 4 rings (SSSR count). The van der Waals surface area contributed by atoms with Crippen molar-refractivity contribution in [3.05, 3.63) is 56.7 Å². The van der Waals surface area contributed by atoms with Gasteiger partial charge >= 0.3 is 0 Å². The number of hydrogen-bond donors (Lipinski definition) is 0. The first-order chi connectivity index (χ1) is 10.3. The van der Waals surface area contributed by atoms with E-state index in [1.54, 1.807) is 34.0 Å². The third-order valence-electron chi connectivity index (χ3n) is 3.19. The summed E-state index contributed by atoms with van der Waals surface area (Å²) in [7, 11) is 0. The van der Waals surface area contributed by atoms with Crippen molar-refractivity contribution in [3.8, 4) is 10.6 Å². The Labute approximate surface area is 134 Å². The van der Waals surface area contributed by atoms with E-state index >= 15 is 0 Å². The van der Waals surface area contributed by atoms with Crippen LogP contribution >= 0.6 is 34.0 Å². The van der Waals surface area contributed by atoms with Gasteiger partial charge < -0.3 is 0 Å². The first-order valence-corrected chi connectivity index (χ1v) is 9.15. The smallest absolute Gasteiger partial charge is 0.101 e. The summed E-state index contributed by atoms with van der Waals surface area (Å²) in [6, 6.07) is 12.6. The fourth-order valence-electron chi connectivity index (χ4n) is 2.20. The van der Waals surface area contributed by atoms with E-state index in [0.29, 0.717) is 0 Å². The molecule has 0 N–H and O–H groups in total. The number of nitrogens with zero attached hydrogens (tertiary/aromatic N) is 2. The number of rotatable bonds is 3. The second-order valence-corrected chi connectivity index (χ2v) is 8.13. The summed E-state index contributed by atoms with van der Waals surface area (Å²) in [5.41, 5.74) is 2.18. The lowest BCUT2D eigenvalue weighted by molar-refractivity contribution is 1.12. The summed E-state index contributed by atoms with van der Waals surface area (Å²) in [6.07, 6.45) is 0.828. The van der Waals surface area contributed by atoms with E-state index < -0.39 is 0 Å². The van der Waals surface area contributed by atoms with E-state index in [2.05, 4.69) is 47.6 Å². The second-order valence-electron chi connectivity index (χ2n) is 4.79. The largest absolute Gasteiger partial charge is 0.241 e. The minimum absolute atomic E-state index is 0.828. The molecule has 0 spiro atoms. The van der Waals surface area contributed by atoms with Gasteiger partial charge in [0.05, 0.1) is 27.2 Å². The van der Waals surface area contributed by atoms with E-state index in [1.165, 1.54) is 14.5 Å². The Morgan fingerprint density at radius 1 is 0.952 bits per heavy atom. The Morgan fingerprint density at radius 3 is 2.67 bits per heavy atom. The van der Waals surface area contributed by atoms with Crippen LogP contribution in [0.1, 0.15) is 14.9 Å². The maximum atomic E-state index is 4.75. The highest BCUT2D eigenvalue weighted by Gasteiger charge is 2.10. The molecule has 0 atom stereocenters. The van der Waals surface area contributed by atoms with Gasteiger partial charge in [-0.3, -0.25) is 0 Å². The monoisotopic (exact) mass is 328 g/mol. The molecule has 5 heteroatoms. The van der Waals surface area contributed by atoms with Crippen molar-refractivity contribution in [2.24, 2.45) is 0 Å². The molecule has 0 bridgehead atoms. The average Bonchev–Trinajstić information content (AvgIpc) is 3.17. The minimum atomic E-state index is 0.828. The van der Waals surface area contributed by atoms with Crippen molar-refractivity contribution in [2.75, 3.05) is 0 Å². The van der Waals surface area contributed by atoms with Crippen LogP contribution in [0.5, 0.6) is 0 Å². The molecule has 0 aliphatic carbocycles. The van der Waals surface area contributed by atoms with Crippen molar-refractivity contribution in [3.63, 3.8) is 0 Å². The Balaban J connectivity index is 1.61. The molecule has 1 aromatic carbocycles. The molecule has 104 valence electrons. The first kappa shape index (κ1) is 13.1. The summed E-state index contributed by atoms with van der Waals surface area (Å²) in [5, 5.41) is 4.42. The lowest BCUT2D eigenvalue weighted by Gasteiger charge is -1.90. The molecule has 0 saturated carbocycles. The normalized spacial score (nSPS) is 11.3. The highest BCUT2D eigenvalue weighted by Crippen LogP contribution is 2.30. The number of thiazole rings is 2. The standard InChI is InChI=1S/C16H12N2S3/c1-10-6-7-14(20-10)12-9-19-15(18-12)8-16-17-11-4-2-3-5-13(11)21-16/h2-7,9H,8H2,1H3. The lowest BCUT2D eigenvalue weighted by atomic mass is 10.3. The highest BCUT2D eigenvalue weighted by atomic mass is 32.1. The Morgan fingerprint density at radius 2 is 1.86 bits per heavy atom. The van der Waals surface area contributed by atoms with E-state index in [-0.39, 0.29) is 0 Å². The third-order valence-corrected chi connectivity index (χ3v) is 6.09. The SMILES string of the molecule is Cc1ccc(-c2csc(Cc3nc4ccccc4s3)n2)s1. The van der Waals surface area contributed by atoms with E-state index in [0.717, 1.165) is 27.6 Å². The van der Waals surface area contributed by atoms with E-state index in [4.69, 9.17) is 4.98 Å². The molecule has 0 radical (unpaired) electrons. The van der Waals surface area contributed by atoms with Crippen molar-refractivity contribution in [1.29, 1.82) is 0 Å². The summed E-state index contributed by atoms with van der Waals surface area (Å²) in [6.45, 7) is 2.13. The average molecular weight is 328 g/mol. The predicted molar refractivity (Wildman–Crippen MR) is 92.6 cm³/mol. The van der Waals surface area contributed by atoms with Crippen LogP contribution < -0.4 is 0 Å². The molecule has 0 unspecified atom stereocenters. The van der Waals surface area contributed by atoms with Gasteiger partial charge in [-0.2, -0.15) is 0 Å². The third kappa shape index (κ3) is 2.64. The van der Waals surface area contributed by atoms with Gasteiger partial charge in [-0.15, -0.1) is 34.0 Å². The number of benzene rings is 1. The van der Waals surface area contributed by atoms with Crippen LogP contribution in [0.4, 0.5) is 0 Å². The van der Waals surface area contributed by atoms with Crippen molar-refractivity contribution >= 4 is 44.2 Å². The van der Waals surface area contributed by atoms with Crippen molar-refractivity contribution < 1.29 is 0 Å². The van der Waals surface area contributed by atoms with Gasteiger partial charge in [-0.1, -0.05) is 12.1 Å². The number of aromatic nitrogens is 2. The summed E-state index contributed by atoms with van der Waals surface area (Å²) < 4.78 is 1.25. The van der Waals surface area contributed by atoms with E-state index in [1.807, 2.05) is 6.07 Å². The lowest BCUT2D eigenvalue weighted by Crippen LogP contribution is -1.85. The van der Waals surface area contributed by atoms with Gasteiger partial charge in [0.25, 0.3) is 0 Å². The Bertz CT molecular complexity index is 868. The van der Waals surface area contributed by atoms with Crippen LogP contribution in [0, 0.1) is 6.92 Å². The molecule has 0 saturated heterocycles. The summed E-state index contributed by atoms with van der Waals surface area (Å²) >= 11 is 5.28. The maximum Gasteiger partial charge on any atom is 0.101 e. The van der Waals surface area contributed by atoms with Crippen LogP contribution in [0.2, 0.25) is 0 Å². The molecular formula is C16H12N2S3. The molecule has 0 aliphatic rings. The number of fused-ring (bicyclic) bond motifs is 1. The second kappa shape index (κ2) is 5.33. The number of aryl methyl sites for hydroxylation is 1. The summed E-state index contributed by atoms with van der Waals surface area (Å²) in [5.74, 6) is 0. The zero-order chi connectivity index (χ0) is 14.2. The molecule has 21 heavy (non-hydrogen) atoms. The molecule has 3 aromatic heterocycles. The minimum Gasteiger partial charge on any atom is -0.241 e. The van der Waals surface area contributed by atoms with Gasteiger partial charge in [0.2, 0.25) is 0 Å². The van der Waals surface area contributed by atoms with E-state index in [9.17, 15) is 0 Å². The van der Waals surface area contributed by atoms with Crippen LogP contribution in [0.15, 0.2) is 41.8 Å². The quantitative estimate of drug-likeness (QED) is 0.504. The Hall–Kier alpha value is -1.56. The number of para-hydroxylation sites is 1. The molecule has 4 aromatic rings. The van der Waals surface area contributed by atoms with Gasteiger partial charge in [0.15, 0.2) is 0 Å². The molecule has 3 heterocycles. The van der Waals surface area contributed by atoms with Crippen LogP contribution in [0.25, 0.3) is 20.8 Å². The fraction of sp³-hybridized carbons (Fsp3) is 0.125. The Kier molecular flexibility index (Phi) is 3.33. The summed E-state index contributed by atoms with van der Waals surface area (Å²) in [4.78, 5) is 12.0. The van der Waals surface area contributed by atoms with Gasteiger partial charge in [-0.05, 0) is 31.2 Å². The van der Waals surface area contributed by atoms with Crippen LogP contribution in [-0.4, -0.2) is 9.97 Å². The van der Waals surface area contributed by atoms with Crippen molar-refractivity contribution in [1.82, 2.24) is 9.97 Å². The highest BCUT2D eigenvalue weighted by molar-refractivity contribution is 7.18. The van der Waals surface area contributed by atoms with Crippen LogP contribution in [0.3, 0.4) is 0 Å². The molecule has 0 aliphatic heterocycles. The van der Waals surface area contributed by atoms with Gasteiger partial charge in [0.1, 0.15) is 10.0 Å². The predicted octanol–water partition coefficient (Wildman–Crippen LogP) is 5.38. The maximum absolute atomic E-state index is 4.75. The van der Waals surface area contributed by atoms with Gasteiger partial charge in [-0.25, -0.2) is 9.97 Å². The fourth-order valence-corrected chi connectivity index (χ4v) is 4.97. The topological polar surface area (TPSA) is 25.8 Å². The number of hydrogen-bond acceptors (Lipinski definition) is 5. The molecule has 0 amide bonds. The van der Waals surface area contributed by atoms with Crippen molar-refractivity contribution in [2.45, 2.75) is 13.3 Å². The van der Waals surface area contributed by atoms with Gasteiger partial charge in [0, 0.05) is 10.3 Å². The zero-order valence-electron chi connectivity index (χ0n) is 11.4. The zero-order valence-corrected chi connectivity index (χ0v) is 13.8. The van der Waals surface area contributed by atoms with Crippen LogP contribution in [-0.2, 0) is 6.42 Å². The molecular weight excluding hydrogens is 316 g/mol. The molecule has 2 nitrogen and oxygen atoms in total. The number of thiophene rings is 1. The molecule has 0 fully saturated rings.